The molecule has 0 aliphatic carbocycles. The average Bonchev–Trinajstić information content (AvgIpc) is 2.52. The molecule has 0 amide bonds. The van der Waals surface area contributed by atoms with Crippen LogP contribution in [0.2, 0.25) is 5.02 Å². The van der Waals surface area contributed by atoms with Gasteiger partial charge in [-0.2, -0.15) is 0 Å². The molecule has 0 aromatic heterocycles. The molecule has 2 aromatic carbocycles. The largest absolute Gasteiger partial charge is 0.384 e. The van der Waals surface area contributed by atoms with Gasteiger partial charge >= 0.3 is 0 Å². The fourth-order valence-electron chi connectivity index (χ4n) is 2.41. The highest BCUT2D eigenvalue weighted by Crippen LogP contribution is 2.29. The highest BCUT2D eigenvalue weighted by Gasteiger charge is 2.24. The van der Waals surface area contributed by atoms with E-state index in [9.17, 15) is 18.5 Å². The molecule has 2 rings (SSSR count). The molecule has 0 fully saturated rings. The van der Waals surface area contributed by atoms with E-state index in [1.165, 1.54) is 18.2 Å². The molecule has 0 bridgehead atoms. The van der Waals surface area contributed by atoms with E-state index in [-0.39, 0.29) is 10.3 Å². The molecule has 0 radical (unpaired) electrons. The van der Waals surface area contributed by atoms with Gasteiger partial charge < -0.3 is 5.32 Å². The van der Waals surface area contributed by atoms with Crippen LogP contribution in [-0.4, -0.2) is 26.1 Å². The van der Waals surface area contributed by atoms with E-state index in [1.807, 2.05) is 32.0 Å². The van der Waals surface area contributed by atoms with Crippen LogP contribution in [-0.2, 0) is 15.3 Å². The molecule has 1 N–H and O–H groups in total. The molecule has 0 heterocycles. The van der Waals surface area contributed by atoms with Crippen molar-refractivity contribution in [2.75, 3.05) is 18.1 Å². The number of benzene rings is 2. The van der Waals surface area contributed by atoms with E-state index in [0.717, 1.165) is 11.8 Å². The summed E-state index contributed by atoms with van der Waals surface area (Å²) in [5, 5.41) is 14.8. The van der Waals surface area contributed by atoms with Crippen molar-refractivity contribution < 1.29 is 13.3 Å². The maximum Gasteiger partial charge on any atom is 0.288 e. The maximum atomic E-state index is 11.8. The van der Waals surface area contributed by atoms with Crippen molar-refractivity contribution in [2.24, 2.45) is 0 Å². The lowest BCUT2D eigenvalue weighted by Crippen LogP contribution is -2.27. The first-order valence-corrected chi connectivity index (χ1v) is 9.76. The number of rotatable bonds is 6. The van der Waals surface area contributed by atoms with Crippen LogP contribution in [0.1, 0.15) is 19.4 Å². The maximum absolute atomic E-state index is 11.8. The zero-order valence-corrected chi connectivity index (χ0v) is 15.7. The third kappa shape index (κ3) is 4.70. The number of sulfone groups is 1. The van der Waals surface area contributed by atoms with E-state index >= 15 is 0 Å². The Bertz CT molecular complexity index is 911. The van der Waals surface area contributed by atoms with Crippen molar-refractivity contribution in [3.8, 4) is 0 Å². The van der Waals surface area contributed by atoms with Gasteiger partial charge in [0.15, 0.2) is 9.84 Å². The minimum absolute atomic E-state index is 0.280. The molecule has 6 nitrogen and oxygen atoms in total. The smallest absolute Gasteiger partial charge is 0.288 e. The predicted octanol–water partition coefficient (Wildman–Crippen LogP) is 4.04. The average molecular weight is 383 g/mol. The summed E-state index contributed by atoms with van der Waals surface area (Å²) in [6, 6.07) is 11.5. The number of anilines is 1. The Kier molecular flexibility index (Phi) is 5.39. The molecule has 8 heteroatoms. The van der Waals surface area contributed by atoms with Gasteiger partial charge in [0.25, 0.3) is 5.69 Å². The number of hydrogen-bond acceptors (Lipinski definition) is 5. The SMILES string of the molecule is CC(C)(CNc1ccc([N+](=O)[O-])c(S(C)(=O)=O)c1)c1cccc(Cl)c1. The van der Waals surface area contributed by atoms with Gasteiger partial charge in [-0.1, -0.05) is 37.6 Å². The van der Waals surface area contributed by atoms with Crippen LogP contribution in [0.4, 0.5) is 11.4 Å². The molecule has 25 heavy (non-hydrogen) atoms. The van der Waals surface area contributed by atoms with Crippen LogP contribution in [0.15, 0.2) is 47.4 Å². The van der Waals surface area contributed by atoms with Crippen molar-refractivity contribution in [1.82, 2.24) is 0 Å². The summed E-state index contributed by atoms with van der Waals surface area (Å²) in [5.41, 5.74) is 0.818. The third-order valence-electron chi connectivity index (χ3n) is 3.90. The van der Waals surface area contributed by atoms with E-state index in [4.69, 9.17) is 11.6 Å². The molecule has 0 atom stereocenters. The molecule has 0 unspecified atom stereocenters. The highest BCUT2D eigenvalue weighted by atomic mass is 35.5. The topological polar surface area (TPSA) is 89.3 Å². The molecule has 134 valence electrons. The highest BCUT2D eigenvalue weighted by molar-refractivity contribution is 7.90. The first-order chi connectivity index (χ1) is 11.5. The lowest BCUT2D eigenvalue weighted by atomic mass is 9.84. The second-order valence-corrected chi connectivity index (χ2v) is 8.88. The quantitative estimate of drug-likeness (QED) is 0.601. The Hall–Kier alpha value is -2.12. The van der Waals surface area contributed by atoms with Gasteiger partial charge in [0.1, 0.15) is 4.90 Å². The Morgan fingerprint density at radius 1 is 1.20 bits per heavy atom. The van der Waals surface area contributed by atoms with Crippen LogP contribution in [0, 0.1) is 10.1 Å². The van der Waals surface area contributed by atoms with Gasteiger partial charge in [0.05, 0.1) is 4.92 Å². The van der Waals surface area contributed by atoms with Gasteiger partial charge in [0.2, 0.25) is 0 Å². The Morgan fingerprint density at radius 3 is 2.44 bits per heavy atom. The van der Waals surface area contributed by atoms with Gasteiger partial charge in [-0.15, -0.1) is 0 Å². The number of nitro benzene ring substituents is 1. The number of hydrogen-bond donors (Lipinski definition) is 1. The summed E-state index contributed by atoms with van der Waals surface area (Å²) in [7, 11) is -3.71. The van der Waals surface area contributed by atoms with E-state index in [2.05, 4.69) is 5.32 Å². The van der Waals surface area contributed by atoms with Gasteiger partial charge in [-0.25, -0.2) is 8.42 Å². The molecule has 0 aliphatic rings. The molecule has 0 spiro atoms. The Balaban J connectivity index is 2.28. The van der Waals surface area contributed by atoms with Crippen LogP contribution in [0.3, 0.4) is 0 Å². The molecule has 0 saturated carbocycles. The van der Waals surface area contributed by atoms with Crippen LogP contribution >= 0.6 is 11.6 Å². The number of nitrogens with one attached hydrogen (secondary N) is 1. The molecule has 0 saturated heterocycles. The van der Waals surface area contributed by atoms with Crippen molar-refractivity contribution in [1.29, 1.82) is 0 Å². The minimum atomic E-state index is -3.71. The predicted molar refractivity (Wildman–Crippen MR) is 99.2 cm³/mol. The molecule has 2 aromatic rings. The Labute approximate surface area is 151 Å². The van der Waals surface area contributed by atoms with Gasteiger partial charge in [-0.3, -0.25) is 10.1 Å². The monoisotopic (exact) mass is 382 g/mol. The second-order valence-electron chi connectivity index (χ2n) is 6.46. The molecule has 0 aliphatic heterocycles. The molecular weight excluding hydrogens is 364 g/mol. The fourth-order valence-corrected chi connectivity index (χ4v) is 3.46. The minimum Gasteiger partial charge on any atom is -0.384 e. The standard InChI is InChI=1S/C17H19ClN2O4S/c1-17(2,12-5-4-6-13(18)9-12)11-19-14-7-8-15(20(21)22)16(10-14)25(3,23)24/h4-10,19H,11H2,1-3H3. The van der Waals surface area contributed by atoms with Gasteiger partial charge in [-0.05, 0) is 29.8 Å². The summed E-state index contributed by atoms with van der Waals surface area (Å²) in [6.07, 6.45) is 0.953. The Morgan fingerprint density at radius 2 is 1.88 bits per heavy atom. The summed E-state index contributed by atoms with van der Waals surface area (Å²) < 4.78 is 23.6. The van der Waals surface area contributed by atoms with E-state index in [0.29, 0.717) is 17.3 Å². The van der Waals surface area contributed by atoms with Crippen molar-refractivity contribution in [3.05, 3.63) is 63.2 Å². The number of nitrogens with zero attached hydrogens (tertiary/aromatic N) is 1. The summed E-state index contributed by atoms with van der Waals surface area (Å²) in [6.45, 7) is 4.54. The number of halogens is 1. The second kappa shape index (κ2) is 7.01. The summed E-state index contributed by atoms with van der Waals surface area (Å²) >= 11 is 6.04. The molecular formula is C17H19ClN2O4S. The third-order valence-corrected chi connectivity index (χ3v) is 5.26. The van der Waals surface area contributed by atoms with E-state index < -0.39 is 20.4 Å². The van der Waals surface area contributed by atoms with Crippen LogP contribution < -0.4 is 5.32 Å². The summed E-state index contributed by atoms with van der Waals surface area (Å²) in [4.78, 5) is 10.0. The van der Waals surface area contributed by atoms with Crippen LogP contribution in [0.5, 0.6) is 0 Å². The lowest BCUT2D eigenvalue weighted by molar-refractivity contribution is -0.387. The van der Waals surface area contributed by atoms with Crippen LogP contribution in [0.25, 0.3) is 0 Å². The van der Waals surface area contributed by atoms with Gasteiger partial charge in [0, 0.05) is 35.0 Å². The van der Waals surface area contributed by atoms with Crippen molar-refractivity contribution >= 4 is 32.8 Å². The number of nitro groups is 1. The van der Waals surface area contributed by atoms with E-state index in [1.54, 1.807) is 6.07 Å². The fraction of sp³-hybridized carbons (Fsp3) is 0.294. The normalized spacial score (nSPS) is 12.0. The first-order valence-electron chi connectivity index (χ1n) is 7.49. The zero-order chi connectivity index (χ0) is 18.8. The van der Waals surface area contributed by atoms with Crippen molar-refractivity contribution in [3.63, 3.8) is 0 Å². The zero-order valence-electron chi connectivity index (χ0n) is 14.1. The van der Waals surface area contributed by atoms with Crippen molar-refractivity contribution in [2.45, 2.75) is 24.2 Å². The first kappa shape index (κ1) is 19.2. The lowest BCUT2D eigenvalue weighted by Gasteiger charge is -2.26. The summed E-state index contributed by atoms with van der Waals surface area (Å²) in [5.74, 6) is 0.